The van der Waals surface area contributed by atoms with Gasteiger partial charge in [0.2, 0.25) is 5.91 Å². The van der Waals surface area contributed by atoms with Gasteiger partial charge in [0.1, 0.15) is 0 Å². The zero-order valence-electron chi connectivity index (χ0n) is 12.8. The van der Waals surface area contributed by atoms with Gasteiger partial charge in [-0.3, -0.25) is 4.79 Å². The van der Waals surface area contributed by atoms with Crippen molar-refractivity contribution in [2.24, 2.45) is 0 Å². The predicted molar refractivity (Wildman–Crippen MR) is 88.2 cm³/mol. The molecule has 1 aliphatic rings. The minimum absolute atomic E-state index is 0.0891. The number of methoxy groups -OCH3 is 1. The summed E-state index contributed by atoms with van der Waals surface area (Å²) in [5.41, 5.74) is 1.62. The van der Waals surface area contributed by atoms with E-state index in [0.29, 0.717) is 18.5 Å². The third-order valence-electron chi connectivity index (χ3n) is 3.54. The summed E-state index contributed by atoms with van der Waals surface area (Å²) in [5, 5.41) is 6.30. The monoisotopic (exact) mass is 322 g/mol. The van der Waals surface area contributed by atoms with Gasteiger partial charge in [0, 0.05) is 37.1 Å². The van der Waals surface area contributed by atoms with E-state index < -0.39 is 0 Å². The first-order chi connectivity index (χ1) is 10.7. The minimum atomic E-state index is -0.335. The van der Waals surface area contributed by atoms with Crippen molar-refractivity contribution in [3.63, 3.8) is 0 Å². The fourth-order valence-electron chi connectivity index (χ4n) is 2.32. The summed E-state index contributed by atoms with van der Waals surface area (Å²) in [6, 6.07) is 7.55. The van der Waals surface area contributed by atoms with E-state index in [1.165, 1.54) is 7.11 Å². The molecule has 1 fully saturated rings. The molecule has 0 bridgehead atoms. The number of hydrogen-bond acceptors (Lipinski definition) is 5. The van der Waals surface area contributed by atoms with Crippen LogP contribution in [0.25, 0.3) is 0 Å². The molecule has 1 amide bonds. The van der Waals surface area contributed by atoms with Crippen LogP contribution in [0.5, 0.6) is 0 Å². The summed E-state index contributed by atoms with van der Waals surface area (Å²) < 4.78 is 4.66. The molecule has 0 aliphatic carbocycles. The van der Waals surface area contributed by atoms with Crippen LogP contribution >= 0.6 is 11.8 Å². The van der Waals surface area contributed by atoms with Crippen LogP contribution in [-0.4, -0.2) is 49.6 Å². The first-order valence-corrected chi connectivity index (χ1v) is 8.59. The molecule has 1 heterocycles. The molecule has 22 heavy (non-hydrogen) atoms. The van der Waals surface area contributed by atoms with Gasteiger partial charge >= 0.3 is 5.97 Å². The fourth-order valence-corrected chi connectivity index (χ4v) is 3.27. The van der Waals surface area contributed by atoms with Crippen molar-refractivity contribution < 1.29 is 14.3 Å². The number of carbonyl (C=O) groups excluding carboxylic acids is 2. The second-order valence-electron chi connectivity index (χ2n) is 5.22. The first-order valence-electron chi connectivity index (χ1n) is 7.44. The molecule has 2 N–H and O–H groups in total. The molecule has 5 nitrogen and oxygen atoms in total. The number of amides is 1. The van der Waals surface area contributed by atoms with Crippen molar-refractivity contribution in [2.75, 3.05) is 31.7 Å². The van der Waals surface area contributed by atoms with Gasteiger partial charge in [-0.05, 0) is 24.1 Å². The highest BCUT2D eigenvalue weighted by molar-refractivity contribution is 7.99. The van der Waals surface area contributed by atoms with Crippen molar-refractivity contribution in [1.29, 1.82) is 0 Å². The van der Waals surface area contributed by atoms with E-state index in [4.69, 9.17) is 0 Å². The smallest absolute Gasteiger partial charge is 0.337 e. The molecule has 1 unspecified atom stereocenters. The molecular formula is C16H22N2O3S. The van der Waals surface area contributed by atoms with Crippen LogP contribution in [0, 0.1) is 0 Å². The Kier molecular flexibility index (Phi) is 6.74. The number of ether oxygens (including phenoxy) is 1. The molecule has 0 spiro atoms. The van der Waals surface area contributed by atoms with Gasteiger partial charge in [0.05, 0.1) is 12.7 Å². The van der Waals surface area contributed by atoms with Crippen LogP contribution in [-0.2, 0) is 16.0 Å². The Morgan fingerprint density at radius 2 is 2.14 bits per heavy atom. The summed E-state index contributed by atoms with van der Waals surface area (Å²) in [4.78, 5) is 23.2. The molecule has 1 atom stereocenters. The lowest BCUT2D eigenvalue weighted by Crippen LogP contribution is -2.41. The molecule has 0 radical (unpaired) electrons. The van der Waals surface area contributed by atoms with E-state index in [-0.39, 0.29) is 17.9 Å². The molecule has 6 heteroatoms. The van der Waals surface area contributed by atoms with E-state index >= 15 is 0 Å². The van der Waals surface area contributed by atoms with Crippen LogP contribution in [0.4, 0.5) is 0 Å². The fraction of sp³-hybridized carbons (Fsp3) is 0.500. The molecule has 2 rings (SSSR count). The van der Waals surface area contributed by atoms with Crippen molar-refractivity contribution in [3.8, 4) is 0 Å². The third-order valence-corrected chi connectivity index (χ3v) is 4.67. The van der Waals surface area contributed by atoms with Gasteiger partial charge in [-0.25, -0.2) is 4.79 Å². The highest BCUT2D eigenvalue weighted by Gasteiger charge is 2.16. The molecule has 1 saturated heterocycles. The van der Waals surface area contributed by atoms with Crippen molar-refractivity contribution in [2.45, 2.75) is 18.9 Å². The molecule has 1 aliphatic heterocycles. The molecule has 120 valence electrons. The van der Waals surface area contributed by atoms with Crippen molar-refractivity contribution >= 4 is 23.6 Å². The number of thioether (sulfide) groups is 1. The second-order valence-corrected chi connectivity index (χ2v) is 6.37. The standard InChI is InChI=1S/C16H22N2O3S/c1-21-16(20)13-4-2-12(3-5-13)6-7-18-15(19)10-14-11-22-9-8-17-14/h2-5,14,17H,6-11H2,1H3,(H,18,19). The number of nitrogens with one attached hydrogen (secondary N) is 2. The molecule has 1 aromatic carbocycles. The molecular weight excluding hydrogens is 300 g/mol. The average Bonchev–Trinajstić information content (AvgIpc) is 2.55. The van der Waals surface area contributed by atoms with Crippen LogP contribution < -0.4 is 10.6 Å². The normalized spacial score (nSPS) is 17.8. The van der Waals surface area contributed by atoms with E-state index in [9.17, 15) is 9.59 Å². The maximum Gasteiger partial charge on any atom is 0.337 e. The summed E-state index contributed by atoms with van der Waals surface area (Å²) in [5.74, 6) is 1.88. The Balaban J connectivity index is 1.69. The van der Waals surface area contributed by atoms with Crippen molar-refractivity contribution in [1.82, 2.24) is 10.6 Å². The lowest BCUT2D eigenvalue weighted by Gasteiger charge is -2.22. The maximum absolute atomic E-state index is 11.9. The average molecular weight is 322 g/mol. The summed E-state index contributed by atoms with van der Waals surface area (Å²) in [6.45, 7) is 1.59. The molecule has 0 saturated carbocycles. The predicted octanol–water partition coefficient (Wildman–Crippen LogP) is 1.23. The minimum Gasteiger partial charge on any atom is -0.465 e. The van der Waals surface area contributed by atoms with Crippen molar-refractivity contribution in [3.05, 3.63) is 35.4 Å². The molecule has 0 aromatic heterocycles. The van der Waals surface area contributed by atoms with Gasteiger partial charge in [0.25, 0.3) is 0 Å². The van der Waals surface area contributed by atoms with E-state index in [1.54, 1.807) is 12.1 Å². The second kappa shape index (κ2) is 8.80. The maximum atomic E-state index is 11.9. The lowest BCUT2D eigenvalue weighted by atomic mass is 10.1. The number of benzene rings is 1. The van der Waals surface area contributed by atoms with Gasteiger partial charge < -0.3 is 15.4 Å². The summed E-state index contributed by atoms with van der Waals surface area (Å²) in [7, 11) is 1.37. The van der Waals surface area contributed by atoms with Gasteiger partial charge in [-0.1, -0.05) is 12.1 Å². The zero-order chi connectivity index (χ0) is 15.8. The Labute approximate surface area is 135 Å². The van der Waals surface area contributed by atoms with Crippen LogP contribution in [0.1, 0.15) is 22.3 Å². The third kappa shape index (κ3) is 5.35. The topological polar surface area (TPSA) is 67.4 Å². The highest BCUT2D eigenvalue weighted by atomic mass is 32.2. The van der Waals surface area contributed by atoms with E-state index in [1.807, 2.05) is 23.9 Å². The highest BCUT2D eigenvalue weighted by Crippen LogP contribution is 2.10. The number of esters is 1. The molecule has 1 aromatic rings. The largest absolute Gasteiger partial charge is 0.465 e. The Morgan fingerprint density at radius 3 is 2.77 bits per heavy atom. The Morgan fingerprint density at radius 1 is 1.36 bits per heavy atom. The number of rotatable bonds is 6. The SMILES string of the molecule is COC(=O)c1ccc(CCNC(=O)CC2CSCCN2)cc1. The van der Waals surface area contributed by atoms with Gasteiger partial charge in [-0.2, -0.15) is 11.8 Å². The van der Waals surface area contributed by atoms with Crippen LogP contribution in [0.2, 0.25) is 0 Å². The lowest BCUT2D eigenvalue weighted by molar-refractivity contribution is -0.121. The van der Waals surface area contributed by atoms with Gasteiger partial charge in [-0.15, -0.1) is 0 Å². The van der Waals surface area contributed by atoms with E-state index in [2.05, 4.69) is 15.4 Å². The quantitative estimate of drug-likeness (QED) is 0.771. The first kappa shape index (κ1) is 16.8. The Hall–Kier alpha value is -1.53. The van der Waals surface area contributed by atoms with Crippen LogP contribution in [0.3, 0.4) is 0 Å². The summed E-state index contributed by atoms with van der Waals surface area (Å²) >= 11 is 1.89. The Bertz CT molecular complexity index is 499. The zero-order valence-corrected chi connectivity index (χ0v) is 13.6. The number of carbonyl (C=O) groups is 2. The van der Waals surface area contributed by atoms with Gasteiger partial charge in [0.15, 0.2) is 0 Å². The summed E-state index contributed by atoms with van der Waals surface area (Å²) in [6.07, 6.45) is 1.29. The van der Waals surface area contributed by atoms with E-state index in [0.717, 1.165) is 30.0 Å². The number of hydrogen-bond donors (Lipinski definition) is 2. The van der Waals surface area contributed by atoms with Crippen LogP contribution in [0.15, 0.2) is 24.3 Å².